The fourth-order valence-corrected chi connectivity index (χ4v) is 2.64. The van der Waals surface area contributed by atoms with E-state index < -0.39 is 11.9 Å². The Morgan fingerprint density at radius 2 is 1.11 bits per heavy atom. The minimum Gasteiger partial charge on any atom is -0.456 e. The van der Waals surface area contributed by atoms with Gasteiger partial charge in [0.1, 0.15) is 24.6 Å². The maximum absolute atomic E-state index is 12.3. The third-order valence-electron chi connectivity index (χ3n) is 4.41. The van der Waals surface area contributed by atoms with E-state index in [1.54, 1.807) is 6.07 Å². The predicted molar refractivity (Wildman–Crippen MR) is 105 cm³/mol. The minimum atomic E-state index is -0.586. The van der Waals surface area contributed by atoms with Crippen molar-refractivity contribution in [1.82, 2.24) is 4.98 Å². The Morgan fingerprint density at radius 1 is 0.679 bits per heavy atom. The lowest BCUT2D eigenvalue weighted by Gasteiger charge is -2.09. The molecule has 1 heterocycles. The van der Waals surface area contributed by atoms with E-state index in [1.807, 2.05) is 62.4 Å². The standard InChI is InChI=1S/C23H21NO4/c1-16-8-3-5-10-18(16)14-27-22(25)20-12-7-13-21(24-20)23(26)28-15-19-11-6-4-9-17(19)2/h3-13H,14-15H2,1-2H3. The molecular weight excluding hydrogens is 354 g/mol. The zero-order valence-corrected chi connectivity index (χ0v) is 15.8. The number of hydrogen-bond acceptors (Lipinski definition) is 5. The van der Waals surface area contributed by atoms with Crippen LogP contribution in [0, 0.1) is 13.8 Å². The molecule has 0 aliphatic carbocycles. The molecule has 3 aromatic rings. The first kappa shape index (κ1) is 19.3. The van der Waals surface area contributed by atoms with E-state index in [9.17, 15) is 9.59 Å². The summed E-state index contributed by atoms with van der Waals surface area (Å²) in [4.78, 5) is 28.7. The van der Waals surface area contributed by atoms with Crippen molar-refractivity contribution >= 4 is 11.9 Å². The summed E-state index contributed by atoms with van der Waals surface area (Å²) in [5.41, 5.74) is 4.06. The van der Waals surface area contributed by atoms with Gasteiger partial charge in [0.25, 0.3) is 0 Å². The lowest BCUT2D eigenvalue weighted by atomic mass is 10.1. The Kier molecular flexibility index (Phi) is 6.17. The molecule has 0 unspecified atom stereocenters. The summed E-state index contributed by atoms with van der Waals surface area (Å²) in [6, 6.07) is 19.9. The van der Waals surface area contributed by atoms with Gasteiger partial charge < -0.3 is 9.47 Å². The summed E-state index contributed by atoms with van der Waals surface area (Å²) in [6.07, 6.45) is 0. The number of esters is 2. The van der Waals surface area contributed by atoms with E-state index in [0.29, 0.717) is 0 Å². The molecular formula is C23H21NO4. The number of carbonyl (C=O) groups is 2. The van der Waals surface area contributed by atoms with E-state index in [0.717, 1.165) is 22.3 Å². The van der Waals surface area contributed by atoms with Crippen LogP contribution in [0.1, 0.15) is 43.2 Å². The van der Waals surface area contributed by atoms with E-state index in [2.05, 4.69) is 4.98 Å². The van der Waals surface area contributed by atoms with Crippen LogP contribution >= 0.6 is 0 Å². The SMILES string of the molecule is Cc1ccccc1COC(=O)c1cccc(C(=O)OCc2ccccc2C)n1. The molecule has 0 aliphatic heterocycles. The number of aromatic nitrogens is 1. The van der Waals surface area contributed by atoms with Crippen molar-refractivity contribution in [2.45, 2.75) is 27.1 Å². The van der Waals surface area contributed by atoms with Gasteiger partial charge in [-0.15, -0.1) is 0 Å². The van der Waals surface area contributed by atoms with Crippen LogP contribution in [-0.2, 0) is 22.7 Å². The van der Waals surface area contributed by atoms with Crippen molar-refractivity contribution in [2.24, 2.45) is 0 Å². The minimum absolute atomic E-state index is 0.0684. The zero-order chi connectivity index (χ0) is 19.9. The highest BCUT2D eigenvalue weighted by atomic mass is 16.5. The van der Waals surface area contributed by atoms with Crippen molar-refractivity contribution in [1.29, 1.82) is 0 Å². The molecule has 0 fully saturated rings. The molecule has 0 bridgehead atoms. The van der Waals surface area contributed by atoms with Gasteiger partial charge in [-0.05, 0) is 48.2 Å². The maximum Gasteiger partial charge on any atom is 0.357 e. The van der Waals surface area contributed by atoms with Crippen LogP contribution in [0.3, 0.4) is 0 Å². The summed E-state index contributed by atoms with van der Waals surface area (Å²) < 4.78 is 10.6. The zero-order valence-electron chi connectivity index (χ0n) is 15.8. The molecule has 3 rings (SSSR count). The molecule has 2 aromatic carbocycles. The quantitative estimate of drug-likeness (QED) is 0.597. The number of rotatable bonds is 6. The Hall–Kier alpha value is -3.47. The Balaban J connectivity index is 1.62. The highest BCUT2D eigenvalue weighted by molar-refractivity contribution is 5.91. The second-order valence-electron chi connectivity index (χ2n) is 6.41. The predicted octanol–water partition coefficient (Wildman–Crippen LogP) is 4.41. The van der Waals surface area contributed by atoms with Crippen LogP contribution in [0.4, 0.5) is 0 Å². The Morgan fingerprint density at radius 3 is 1.54 bits per heavy atom. The highest BCUT2D eigenvalue weighted by Crippen LogP contribution is 2.12. The van der Waals surface area contributed by atoms with Gasteiger partial charge in [-0.2, -0.15) is 0 Å². The van der Waals surface area contributed by atoms with Crippen LogP contribution in [0.25, 0.3) is 0 Å². The number of carbonyl (C=O) groups excluding carboxylic acids is 2. The Bertz CT molecular complexity index is 920. The summed E-state index contributed by atoms with van der Waals surface area (Å²) >= 11 is 0. The van der Waals surface area contributed by atoms with Crippen molar-refractivity contribution in [3.8, 4) is 0 Å². The second-order valence-corrected chi connectivity index (χ2v) is 6.41. The number of ether oxygens (including phenoxy) is 2. The topological polar surface area (TPSA) is 65.5 Å². The smallest absolute Gasteiger partial charge is 0.357 e. The molecule has 0 atom stereocenters. The highest BCUT2D eigenvalue weighted by Gasteiger charge is 2.15. The lowest BCUT2D eigenvalue weighted by molar-refractivity contribution is 0.0456. The number of benzene rings is 2. The van der Waals surface area contributed by atoms with Gasteiger partial charge in [-0.1, -0.05) is 54.6 Å². The number of aryl methyl sites for hydroxylation is 2. The largest absolute Gasteiger partial charge is 0.456 e. The van der Waals surface area contributed by atoms with Crippen molar-refractivity contribution in [2.75, 3.05) is 0 Å². The van der Waals surface area contributed by atoms with Gasteiger partial charge in [0.2, 0.25) is 0 Å². The van der Waals surface area contributed by atoms with Crippen LogP contribution in [0.2, 0.25) is 0 Å². The van der Waals surface area contributed by atoms with Crippen molar-refractivity contribution in [3.63, 3.8) is 0 Å². The first-order valence-electron chi connectivity index (χ1n) is 8.95. The molecule has 28 heavy (non-hydrogen) atoms. The molecule has 1 aromatic heterocycles. The average Bonchev–Trinajstić information content (AvgIpc) is 2.72. The molecule has 0 spiro atoms. The molecule has 0 radical (unpaired) electrons. The Labute approximate surface area is 164 Å². The number of hydrogen-bond donors (Lipinski definition) is 0. The third kappa shape index (κ3) is 4.82. The molecule has 0 saturated carbocycles. The molecule has 5 heteroatoms. The monoisotopic (exact) mass is 375 g/mol. The van der Waals surface area contributed by atoms with E-state index in [-0.39, 0.29) is 24.6 Å². The normalized spacial score (nSPS) is 10.4. The van der Waals surface area contributed by atoms with E-state index >= 15 is 0 Å². The fraction of sp³-hybridized carbons (Fsp3) is 0.174. The molecule has 0 N–H and O–H groups in total. The third-order valence-corrected chi connectivity index (χ3v) is 4.41. The first-order valence-corrected chi connectivity index (χ1v) is 8.95. The van der Waals surface area contributed by atoms with Crippen LogP contribution in [-0.4, -0.2) is 16.9 Å². The molecule has 0 amide bonds. The summed E-state index contributed by atoms with van der Waals surface area (Å²) in [6.45, 7) is 4.20. The van der Waals surface area contributed by atoms with Gasteiger partial charge >= 0.3 is 11.9 Å². The van der Waals surface area contributed by atoms with Crippen LogP contribution in [0.15, 0.2) is 66.7 Å². The van der Waals surface area contributed by atoms with E-state index in [1.165, 1.54) is 12.1 Å². The van der Waals surface area contributed by atoms with Gasteiger partial charge in [0.05, 0.1) is 0 Å². The first-order chi connectivity index (χ1) is 13.5. The lowest BCUT2D eigenvalue weighted by Crippen LogP contribution is -2.13. The number of nitrogens with zero attached hydrogens (tertiary/aromatic N) is 1. The van der Waals surface area contributed by atoms with Gasteiger partial charge in [0, 0.05) is 0 Å². The fourth-order valence-electron chi connectivity index (χ4n) is 2.64. The van der Waals surface area contributed by atoms with Gasteiger partial charge in [0.15, 0.2) is 0 Å². The summed E-state index contributed by atoms with van der Waals surface area (Å²) in [5, 5.41) is 0. The number of pyridine rings is 1. The van der Waals surface area contributed by atoms with E-state index in [4.69, 9.17) is 9.47 Å². The molecule has 0 saturated heterocycles. The average molecular weight is 375 g/mol. The summed E-state index contributed by atoms with van der Waals surface area (Å²) in [5.74, 6) is -1.17. The van der Waals surface area contributed by atoms with Crippen molar-refractivity contribution in [3.05, 3.63) is 100 Å². The van der Waals surface area contributed by atoms with Crippen molar-refractivity contribution < 1.29 is 19.1 Å². The van der Waals surface area contributed by atoms with Crippen LogP contribution < -0.4 is 0 Å². The molecule has 142 valence electrons. The van der Waals surface area contributed by atoms with Gasteiger partial charge in [-0.3, -0.25) is 0 Å². The summed E-state index contributed by atoms with van der Waals surface area (Å²) in [7, 11) is 0. The molecule has 5 nitrogen and oxygen atoms in total. The van der Waals surface area contributed by atoms with Gasteiger partial charge in [-0.25, -0.2) is 14.6 Å². The molecule has 0 aliphatic rings. The maximum atomic E-state index is 12.3. The van der Waals surface area contributed by atoms with Crippen LogP contribution in [0.5, 0.6) is 0 Å². The second kappa shape index (κ2) is 8.95.